The van der Waals surface area contributed by atoms with Crippen LogP contribution in [0.1, 0.15) is 55.2 Å². The number of hydrogen-bond donors (Lipinski definition) is 0. The molecule has 0 spiro atoms. The normalized spacial score (nSPS) is 27.4. The fourth-order valence-corrected chi connectivity index (χ4v) is 8.86. The van der Waals surface area contributed by atoms with Gasteiger partial charge in [0.2, 0.25) is 6.79 Å². The summed E-state index contributed by atoms with van der Waals surface area (Å²) in [6.45, 7) is 4.96. The first kappa shape index (κ1) is 29.7. The average Bonchev–Trinajstić information content (AvgIpc) is 3.33. The van der Waals surface area contributed by atoms with Crippen LogP contribution in [0.5, 0.6) is 11.5 Å². The number of benzene rings is 3. The Morgan fingerprint density at radius 1 is 0.857 bits per heavy atom. The molecule has 3 aromatic carbocycles. The molecule has 2 saturated carbocycles. The van der Waals surface area contributed by atoms with Crippen molar-refractivity contribution < 1.29 is 30.9 Å². The van der Waals surface area contributed by atoms with E-state index in [1.807, 2.05) is 0 Å². The molecule has 4 nitrogen and oxygen atoms in total. The van der Waals surface area contributed by atoms with E-state index in [1.54, 1.807) is 0 Å². The molecule has 1 saturated heterocycles. The fourth-order valence-electron chi connectivity index (χ4n) is 8.59. The smallest absolute Gasteiger partial charge is 0.231 e. The van der Waals surface area contributed by atoms with E-state index in [9.17, 15) is 5.26 Å². The molecule has 0 radical (unpaired) electrons. The summed E-state index contributed by atoms with van der Waals surface area (Å²) in [5, 5.41) is 10.8. The number of piperidine rings is 1. The van der Waals surface area contributed by atoms with E-state index in [0.717, 1.165) is 58.2 Å². The average molecular weight is 693 g/mol. The van der Waals surface area contributed by atoms with Gasteiger partial charge in [0.05, 0.1) is 31.1 Å². The van der Waals surface area contributed by atoms with Crippen molar-refractivity contribution in [3.63, 3.8) is 0 Å². The largest absolute Gasteiger partial charge is 1.00 e. The standard InChI is InChI=1S/C36H40BrN2O2.BrH/c37-30-14-11-27(12-15-30)21-39(18-17-26-13-16-34-35(19-26)41-25-40-34)22-32-31(33(32)23-39)20-36(24-38,28-7-3-1-4-8-28)29-9-5-2-6-10-29;/h1,3-4,7-8,11-16,19,29,31-33H,2,5-6,9-10,17-18,20-23,25H2;1H/q+1;/p-1. The molecule has 3 atom stereocenters. The van der Waals surface area contributed by atoms with E-state index in [4.69, 9.17) is 9.47 Å². The van der Waals surface area contributed by atoms with Gasteiger partial charge in [0.1, 0.15) is 6.54 Å². The van der Waals surface area contributed by atoms with Gasteiger partial charge < -0.3 is 30.9 Å². The Bertz CT molecular complexity index is 1400. The Balaban J connectivity index is 0.00000316. The molecule has 3 fully saturated rings. The van der Waals surface area contributed by atoms with Crippen LogP contribution in [-0.2, 0) is 18.4 Å². The molecular formula is C36H40Br2N2O2. The molecule has 6 heteroatoms. The fraction of sp³-hybridized carbons (Fsp3) is 0.472. The van der Waals surface area contributed by atoms with Crippen molar-refractivity contribution in [2.45, 2.75) is 56.9 Å². The lowest BCUT2D eigenvalue weighted by Gasteiger charge is -2.40. The van der Waals surface area contributed by atoms with Crippen LogP contribution >= 0.6 is 15.9 Å². The Kier molecular flexibility index (Phi) is 8.74. The molecule has 3 aromatic rings. The highest BCUT2D eigenvalue weighted by Crippen LogP contribution is 2.61. The van der Waals surface area contributed by atoms with Crippen molar-refractivity contribution in [2.75, 3.05) is 26.4 Å². The quantitative estimate of drug-likeness (QED) is 0.295. The van der Waals surface area contributed by atoms with Crippen molar-refractivity contribution in [3.05, 3.63) is 94.0 Å². The maximum absolute atomic E-state index is 10.8. The van der Waals surface area contributed by atoms with Gasteiger partial charge in [0.25, 0.3) is 0 Å². The number of quaternary nitrogens is 1. The minimum Gasteiger partial charge on any atom is -1.00 e. The predicted molar refractivity (Wildman–Crippen MR) is 164 cm³/mol. The number of likely N-dealkylation sites (tertiary alicyclic amines) is 1. The zero-order valence-corrected chi connectivity index (χ0v) is 27.4. The van der Waals surface area contributed by atoms with Crippen LogP contribution in [0.3, 0.4) is 0 Å². The Morgan fingerprint density at radius 2 is 1.55 bits per heavy atom. The van der Waals surface area contributed by atoms with Gasteiger partial charge in [-0.2, -0.15) is 5.26 Å². The molecule has 3 unspecified atom stereocenters. The summed E-state index contributed by atoms with van der Waals surface area (Å²) in [7, 11) is 0. The van der Waals surface area contributed by atoms with Crippen molar-refractivity contribution in [1.29, 1.82) is 5.26 Å². The highest BCUT2D eigenvalue weighted by atomic mass is 79.9. The molecule has 0 aromatic heterocycles. The third-order valence-electron chi connectivity index (χ3n) is 10.8. The van der Waals surface area contributed by atoms with Crippen molar-refractivity contribution in [1.82, 2.24) is 0 Å². The third-order valence-corrected chi connectivity index (χ3v) is 11.3. The van der Waals surface area contributed by atoms with E-state index >= 15 is 0 Å². The van der Waals surface area contributed by atoms with Crippen LogP contribution in [0.15, 0.2) is 77.3 Å². The molecule has 4 aliphatic rings. The van der Waals surface area contributed by atoms with Crippen molar-refractivity contribution in [3.8, 4) is 17.6 Å². The molecule has 2 heterocycles. The van der Waals surface area contributed by atoms with Crippen molar-refractivity contribution >= 4 is 15.9 Å². The number of halogens is 2. The first-order valence-electron chi connectivity index (χ1n) is 15.5. The lowest BCUT2D eigenvalue weighted by atomic mass is 9.63. The highest BCUT2D eigenvalue weighted by Gasteiger charge is 2.64. The lowest BCUT2D eigenvalue weighted by molar-refractivity contribution is -0.934. The summed E-state index contributed by atoms with van der Waals surface area (Å²) >= 11 is 3.61. The summed E-state index contributed by atoms with van der Waals surface area (Å²) in [6.07, 6.45) is 8.32. The molecule has 7 rings (SSSR count). The number of nitrogens with zero attached hydrogens (tertiary/aromatic N) is 2. The molecular weight excluding hydrogens is 652 g/mol. The second-order valence-corrected chi connectivity index (χ2v) is 14.0. The van der Waals surface area contributed by atoms with Gasteiger partial charge in [-0.3, -0.25) is 0 Å². The van der Waals surface area contributed by atoms with E-state index in [-0.39, 0.29) is 22.4 Å². The number of rotatable bonds is 9. The lowest BCUT2D eigenvalue weighted by Crippen LogP contribution is -3.00. The number of ether oxygens (including phenoxy) is 2. The van der Waals surface area contributed by atoms with E-state index in [1.165, 1.54) is 61.9 Å². The van der Waals surface area contributed by atoms with Crippen LogP contribution < -0.4 is 26.5 Å². The minimum absolute atomic E-state index is 0. The summed E-state index contributed by atoms with van der Waals surface area (Å²) < 4.78 is 13.5. The maximum atomic E-state index is 10.8. The Morgan fingerprint density at radius 3 is 2.26 bits per heavy atom. The van der Waals surface area contributed by atoms with Crippen LogP contribution in [0.4, 0.5) is 0 Å². The van der Waals surface area contributed by atoms with E-state index < -0.39 is 0 Å². The topological polar surface area (TPSA) is 42.2 Å². The second-order valence-electron chi connectivity index (χ2n) is 13.1. The van der Waals surface area contributed by atoms with Gasteiger partial charge in [0, 0.05) is 28.3 Å². The van der Waals surface area contributed by atoms with Crippen LogP contribution in [0, 0.1) is 35.0 Å². The van der Waals surface area contributed by atoms with Crippen LogP contribution in [-0.4, -0.2) is 30.9 Å². The molecule has 0 N–H and O–H groups in total. The van der Waals surface area contributed by atoms with E-state index in [0.29, 0.717) is 18.6 Å². The second kappa shape index (κ2) is 12.3. The van der Waals surface area contributed by atoms with Gasteiger partial charge >= 0.3 is 0 Å². The zero-order chi connectivity index (χ0) is 27.9. The number of fused-ring (bicyclic) bond motifs is 2. The summed E-state index contributed by atoms with van der Waals surface area (Å²) in [6, 6.07) is 29.1. The highest BCUT2D eigenvalue weighted by molar-refractivity contribution is 9.10. The molecule has 220 valence electrons. The predicted octanol–water partition coefficient (Wildman–Crippen LogP) is 5.05. The number of nitriles is 1. The molecule has 2 aliphatic carbocycles. The summed E-state index contributed by atoms with van der Waals surface area (Å²) in [4.78, 5) is 0. The summed E-state index contributed by atoms with van der Waals surface area (Å²) in [5.74, 6) is 4.33. The van der Waals surface area contributed by atoms with Gasteiger partial charge in [0.15, 0.2) is 11.5 Å². The first-order valence-corrected chi connectivity index (χ1v) is 16.3. The first-order chi connectivity index (χ1) is 20.1. The molecule has 0 amide bonds. The molecule has 0 bridgehead atoms. The van der Waals surface area contributed by atoms with Crippen molar-refractivity contribution in [2.24, 2.45) is 23.7 Å². The van der Waals surface area contributed by atoms with Gasteiger partial charge in [-0.1, -0.05) is 83.7 Å². The Labute approximate surface area is 269 Å². The zero-order valence-electron chi connectivity index (χ0n) is 24.2. The van der Waals surface area contributed by atoms with Crippen LogP contribution in [0.2, 0.25) is 0 Å². The third kappa shape index (κ3) is 5.77. The monoisotopic (exact) mass is 690 g/mol. The van der Waals surface area contributed by atoms with Gasteiger partial charge in [-0.25, -0.2) is 0 Å². The van der Waals surface area contributed by atoms with Gasteiger partial charge in [-0.15, -0.1) is 0 Å². The Hall–Kier alpha value is -2.33. The minimum atomic E-state index is -0.343. The van der Waals surface area contributed by atoms with E-state index in [2.05, 4.69) is 94.8 Å². The van der Waals surface area contributed by atoms with Crippen LogP contribution in [0.25, 0.3) is 0 Å². The molecule has 2 aliphatic heterocycles. The van der Waals surface area contributed by atoms with Gasteiger partial charge in [-0.05, 0) is 66.5 Å². The number of hydrogen-bond acceptors (Lipinski definition) is 3. The maximum Gasteiger partial charge on any atom is 0.231 e. The SMILES string of the molecule is N#CC(CC1C2C[N+](CCc3ccc4c(c3)OCO4)(Cc3ccc(Br)cc3)CC12)(c1ccccc1)C1CCCCC1.[Br-]. The molecule has 42 heavy (non-hydrogen) atoms. The summed E-state index contributed by atoms with van der Waals surface area (Å²) in [5.41, 5.74) is 3.65.